The van der Waals surface area contributed by atoms with Crippen molar-refractivity contribution < 1.29 is 14.5 Å². The number of nitro groups is 1. The monoisotopic (exact) mass is 438 g/mol. The summed E-state index contributed by atoms with van der Waals surface area (Å²) in [6.07, 6.45) is 3.68. The number of carbonyl (C=O) groups is 1. The summed E-state index contributed by atoms with van der Waals surface area (Å²) in [4.78, 5) is 25.3. The Morgan fingerprint density at radius 3 is 2.48 bits per heavy atom. The molecule has 2 aliphatic rings. The van der Waals surface area contributed by atoms with Crippen LogP contribution in [0.5, 0.6) is 0 Å². The number of piperidine rings is 1. The Labute approximate surface area is 181 Å². The van der Waals surface area contributed by atoms with Gasteiger partial charge in [0.1, 0.15) is 5.60 Å². The first-order valence-corrected chi connectivity index (χ1v) is 12.3. The van der Waals surface area contributed by atoms with E-state index in [1.54, 1.807) is 11.0 Å². The number of ether oxygens (including phenoxy) is 1. The van der Waals surface area contributed by atoms with Gasteiger partial charge in [-0.3, -0.25) is 10.1 Å². The summed E-state index contributed by atoms with van der Waals surface area (Å²) in [5, 5.41) is 11.5. The molecule has 1 aromatic rings. The fraction of sp³-hybridized carbons (Fsp3) is 0.667. The Morgan fingerprint density at radius 2 is 1.90 bits per heavy atom. The Hall–Kier alpha value is -1.41. The van der Waals surface area contributed by atoms with Crippen LogP contribution in [-0.4, -0.2) is 46.1 Å². The Bertz CT molecular complexity index is 737. The van der Waals surface area contributed by atoms with Crippen LogP contribution in [0, 0.1) is 16.0 Å². The largest absolute Gasteiger partial charge is 0.444 e. The second-order valence-electron chi connectivity index (χ2n) is 8.69. The van der Waals surface area contributed by atoms with Gasteiger partial charge in [0.15, 0.2) is 0 Å². The van der Waals surface area contributed by atoms with Gasteiger partial charge in [-0.15, -0.1) is 23.5 Å². The van der Waals surface area contributed by atoms with Crippen molar-refractivity contribution in [1.29, 1.82) is 0 Å². The lowest BCUT2D eigenvalue weighted by molar-refractivity contribution is -0.385. The molecule has 3 rings (SSSR count). The lowest BCUT2D eigenvalue weighted by Crippen LogP contribution is -2.42. The molecule has 1 amide bonds. The topological polar surface area (TPSA) is 72.7 Å². The number of thioether (sulfide) groups is 2. The molecule has 0 spiro atoms. The summed E-state index contributed by atoms with van der Waals surface area (Å²) >= 11 is 3.62. The third-order valence-corrected chi connectivity index (χ3v) is 8.14. The number of benzene rings is 1. The minimum absolute atomic E-state index is 0.151. The van der Waals surface area contributed by atoms with Gasteiger partial charge in [-0.25, -0.2) is 4.79 Å². The van der Waals surface area contributed by atoms with Gasteiger partial charge in [-0.05, 0) is 75.5 Å². The molecular formula is C21H30N2O4S2. The van der Waals surface area contributed by atoms with Crippen LogP contribution in [0.25, 0.3) is 0 Å². The third-order valence-electron chi connectivity index (χ3n) is 5.16. The van der Waals surface area contributed by atoms with Crippen molar-refractivity contribution in [3.63, 3.8) is 0 Å². The highest BCUT2D eigenvalue weighted by Gasteiger charge is 2.28. The molecule has 160 valence electrons. The molecule has 0 bridgehead atoms. The molecule has 2 heterocycles. The maximum atomic E-state index is 12.2. The van der Waals surface area contributed by atoms with Crippen molar-refractivity contribution in [1.82, 2.24) is 4.90 Å². The summed E-state index contributed by atoms with van der Waals surface area (Å²) in [6, 6.07) is 5.63. The van der Waals surface area contributed by atoms with E-state index < -0.39 is 5.60 Å². The van der Waals surface area contributed by atoms with E-state index in [-0.39, 0.29) is 21.3 Å². The van der Waals surface area contributed by atoms with Gasteiger partial charge < -0.3 is 9.64 Å². The highest BCUT2D eigenvalue weighted by atomic mass is 32.2. The number of amides is 1. The van der Waals surface area contributed by atoms with E-state index in [9.17, 15) is 14.9 Å². The summed E-state index contributed by atoms with van der Waals surface area (Å²) in [6.45, 7) is 7.05. The molecule has 6 nitrogen and oxygen atoms in total. The molecule has 2 fully saturated rings. The van der Waals surface area contributed by atoms with Crippen LogP contribution in [0.2, 0.25) is 0 Å². The van der Waals surface area contributed by atoms with Crippen LogP contribution in [0.15, 0.2) is 18.2 Å². The molecule has 0 aromatic heterocycles. The zero-order valence-corrected chi connectivity index (χ0v) is 19.0. The average Bonchev–Trinajstić information content (AvgIpc) is 2.67. The second kappa shape index (κ2) is 9.60. The van der Waals surface area contributed by atoms with Crippen molar-refractivity contribution in [2.45, 2.75) is 56.6 Å². The second-order valence-corrected chi connectivity index (χ2v) is 11.4. The first-order valence-electron chi connectivity index (χ1n) is 10.2. The van der Waals surface area contributed by atoms with Gasteiger partial charge >= 0.3 is 6.09 Å². The zero-order chi connectivity index (χ0) is 21.0. The van der Waals surface area contributed by atoms with Crippen LogP contribution in [0.1, 0.15) is 55.7 Å². The highest BCUT2D eigenvalue weighted by Crippen LogP contribution is 2.47. The lowest BCUT2D eigenvalue weighted by atomic mass is 9.89. The molecule has 0 radical (unpaired) electrons. The summed E-state index contributed by atoms with van der Waals surface area (Å²) in [5.74, 6) is 2.60. The number of hydrogen-bond donors (Lipinski definition) is 0. The summed E-state index contributed by atoms with van der Waals surface area (Å²) in [5.41, 5.74) is 1.78. The van der Waals surface area contributed by atoms with E-state index in [2.05, 4.69) is 0 Å². The maximum Gasteiger partial charge on any atom is 0.410 e. The van der Waals surface area contributed by atoms with E-state index in [0.717, 1.165) is 48.3 Å². The van der Waals surface area contributed by atoms with Crippen LogP contribution in [-0.2, 0) is 11.2 Å². The molecule has 2 saturated heterocycles. The fourth-order valence-corrected chi connectivity index (χ4v) is 6.66. The number of rotatable bonds is 4. The average molecular weight is 439 g/mol. The van der Waals surface area contributed by atoms with Crippen molar-refractivity contribution in [3.8, 4) is 0 Å². The predicted molar refractivity (Wildman–Crippen MR) is 120 cm³/mol. The van der Waals surface area contributed by atoms with Gasteiger partial charge in [0.25, 0.3) is 5.69 Å². The number of carbonyl (C=O) groups excluding carboxylic acids is 1. The van der Waals surface area contributed by atoms with Crippen molar-refractivity contribution in [3.05, 3.63) is 39.4 Å². The Kier molecular flexibility index (Phi) is 7.37. The Morgan fingerprint density at radius 1 is 1.24 bits per heavy atom. The summed E-state index contributed by atoms with van der Waals surface area (Å²) < 4.78 is 5.62. The highest BCUT2D eigenvalue weighted by molar-refractivity contribution is 8.16. The van der Waals surface area contributed by atoms with Gasteiger partial charge in [-0.1, -0.05) is 6.07 Å². The molecule has 0 unspecified atom stereocenters. The van der Waals surface area contributed by atoms with Gasteiger partial charge in [-0.2, -0.15) is 0 Å². The standard InChI is InChI=1S/C21H30N2O4S2/c1-21(2,3)27-20(24)22-9-7-15(8-10-22)13-16-5-6-18(23(25)26)17(14-16)19-28-11-4-12-29-19/h5-6,14-15,19H,4,7-13H2,1-3H3. The van der Waals surface area contributed by atoms with Crippen LogP contribution >= 0.6 is 23.5 Å². The minimum Gasteiger partial charge on any atom is -0.444 e. The molecule has 0 saturated carbocycles. The van der Waals surface area contributed by atoms with Gasteiger partial charge in [0, 0.05) is 19.2 Å². The molecule has 8 heteroatoms. The number of nitrogens with zero attached hydrogens (tertiary/aromatic N) is 2. The van der Waals surface area contributed by atoms with E-state index in [1.165, 1.54) is 0 Å². The van der Waals surface area contributed by atoms with E-state index >= 15 is 0 Å². The van der Waals surface area contributed by atoms with E-state index in [1.807, 2.05) is 56.4 Å². The van der Waals surface area contributed by atoms with Crippen molar-refractivity contribution in [2.75, 3.05) is 24.6 Å². The number of hydrogen-bond acceptors (Lipinski definition) is 6. The SMILES string of the molecule is CC(C)(C)OC(=O)N1CCC(Cc2ccc([N+](=O)[O-])c(C3SCCCS3)c2)CC1. The molecular weight excluding hydrogens is 408 g/mol. The zero-order valence-electron chi connectivity index (χ0n) is 17.4. The number of nitro benzene ring substituents is 1. The first kappa shape index (κ1) is 22.3. The molecule has 1 aromatic carbocycles. The predicted octanol–water partition coefficient (Wildman–Crippen LogP) is 5.65. The fourth-order valence-electron chi connectivity index (χ4n) is 3.73. The van der Waals surface area contributed by atoms with E-state index in [4.69, 9.17) is 4.74 Å². The van der Waals surface area contributed by atoms with Gasteiger partial charge in [0.05, 0.1) is 15.1 Å². The first-order chi connectivity index (χ1) is 13.7. The lowest BCUT2D eigenvalue weighted by Gasteiger charge is -2.33. The normalized spacial score (nSPS) is 19.2. The minimum atomic E-state index is -0.474. The smallest absolute Gasteiger partial charge is 0.410 e. The van der Waals surface area contributed by atoms with Crippen LogP contribution in [0.3, 0.4) is 0 Å². The van der Waals surface area contributed by atoms with Gasteiger partial charge in [0.2, 0.25) is 0 Å². The van der Waals surface area contributed by atoms with Crippen molar-refractivity contribution >= 4 is 35.3 Å². The van der Waals surface area contributed by atoms with Crippen LogP contribution in [0.4, 0.5) is 10.5 Å². The maximum absolute atomic E-state index is 12.2. The molecule has 0 N–H and O–H groups in total. The molecule has 2 aliphatic heterocycles. The van der Waals surface area contributed by atoms with Crippen molar-refractivity contribution in [2.24, 2.45) is 5.92 Å². The quantitative estimate of drug-likeness (QED) is 0.446. The van der Waals surface area contributed by atoms with E-state index in [0.29, 0.717) is 19.0 Å². The third kappa shape index (κ3) is 6.28. The number of likely N-dealkylation sites (tertiary alicyclic amines) is 1. The molecule has 0 atom stereocenters. The Balaban J connectivity index is 1.62. The van der Waals surface area contributed by atoms with Crippen LogP contribution < -0.4 is 0 Å². The summed E-state index contributed by atoms with van der Waals surface area (Å²) in [7, 11) is 0. The molecule has 29 heavy (non-hydrogen) atoms. The molecule has 0 aliphatic carbocycles.